The first-order chi connectivity index (χ1) is 9.34. The van der Waals surface area contributed by atoms with Crippen molar-refractivity contribution in [3.63, 3.8) is 0 Å². The van der Waals surface area contributed by atoms with Crippen molar-refractivity contribution in [2.75, 3.05) is 13.1 Å². The molecule has 2 N–H and O–H groups in total. The third-order valence-corrected chi connectivity index (χ3v) is 2.41. The van der Waals surface area contributed by atoms with Gasteiger partial charge in [-0.2, -0.15) is 0 Å². The Morgan fingerprint density at radius 1 is 1.26 bits per heavy atom. The van der Waals surface area contributed by atoms with Crippen LogP contribution in [0.5, 0.6) is 0 Å². The van der Waals surface area contributed by atoms with Gasteiger partial charge in [-0.15, -0.1) is 0 Å². The van der Waals surface area contributed by atoms with Gasteiger partial charge in [-0.3, -0.25) is 4.90 Å². The predicted molar refractivity (Wildman–Crippen MR) is 83.0 cm³/mol. The largest absolute Gasteiger partial charge is 0.451 e. The van der Waals surface area contributed by atoms with E-state index in [0.717, 1.165) is 31.7 Å². The first-order valence-electron chi connectivity index (χ1n) is 7.69. The Hall–Kier alpha value is -0.870. The van der Waals surface area contributed by atoms with Crippen molar-refractivity contribution in [2.24, 2.45) is 5.73 Å². The number of rotatable bonds is 2. The van der Waals surface area contributed by atoms with Gasteiger partial charge in [0.1, 0.15) is 6.26 Å². The summed E-state index contributed by atoms with van der Waals surface area (Å²) >= 11 is 0. The van der Waals surface area contributed by atoms with Crippen molar-refractivity contribution >= 4 is 0 Å². The molecular formula is C15H33N3O. The Labute approximate surface area is 119 Å². The second-order valence-corrected chi connectivity index (χ2v) is 3.62. The summed E-state index contributed by atoms with van der Waals surface area (Å²) in [5.41, 5.74) is 6.86. The minimum Gasteiger partial charge on any atom is -0.451 e. The molecule has 0 amide bonds. The molecule has 19 heavy (non-hydrogen) atoms. The average molecular weight is 271 g/mol. The summed E-state index contributed by atoms with van der Waals surface area (Å²) in [6.45, 7) is 15.0. The Morgan fingerprint density at radius 2 is 1.89 bits per heavy atom. The molecule has 1 saturated heterocycles. The van der Waals surface area contributed by atoms with Crippen LogP contribution in [0.1, 0.15) is 60.1 Å². The van der Waals surface area contributed by atoms with Crippen molar-refractivity contribution in [1.82, 2.24) is 9.88 Å². The molecule has 2 heterocycles. The molecule has 114 valence electrons. The maximum Gasteiger partial charge on any atom is 0.180 e. The number of likely N-dealkylation sites (tertiary alicyclic amines) is 1. The van der Waals surface area contributed by atoms with Crippen LogP contribution in [0.3, 0.4) is 0 Å². The first kappa shape index (κ1) is 20.4. The standard InChI is InChI=1S/C9H15N3O.3C2H6/c10-8-2-1-3-12(4-8)5-9-6-13-7-11-9;3*1-2/h6-8H,1-5,10H2;3*1-2H3. The fraction of sp³-hybridized carbons (Fsp3) is 0.800. The molecule has 1 aromatic heterocycles. The third kappa shape index (κ3) is 9.68. The van der Waals surface area contributed by atoms with Gasteiger partial charge < -0.3 is 10.2 Å². The lowest BCUT2D eigenvalue weighted by molar-refractivity contribution is 0.199. The van der Waals surface area contributed by atoms with Crippen LogP contribution in [-0.2, 0) is 6.54 Å². The maximum absolute atomic E-state index is 5.87. The second kappa shape index (κ2) is 15.2. The summed E-state index contributed by atoms with van der Waals surface area (Å²) in [7, 11) is 0. The van der Waals surface area contributed by atoms with Gasteiger partial charge in [0.05, 0.1) is 5.69 Å². The van der Waals surface area contributed by atoms with E-state index in [9.17, 15) is 0 Å². The number of aromatic nitrogens is 1. The van der Waals surface area contributed by atoms with E-state index in [2.05, 4.69) is 9.88 Å². The van der Waals surface area contributed by atoms with E-state index >= 15 is 0 Å². The Kier molecular flexibility index (Phi) is 16.3. The summed E-state index contributed by atoms with van der Waals surface area (Å²) in [5, 5.41) is 0. The zero-order valence-electron chi connectivity index (χ0n) is 13.6. The molecule has 0 spiro atoms. The molecule has 4 nitrogen and oxygen atoms in total. The number of hydrogen-bond donors (Lipinski definition) is 1. The van der Waals surface area contributed by atoms with Crippen LogP contribution in [0.15, 0.2) is 17.1 Å². The van der Waals surface area contributed by atoms with E-state index < -0.39 is 0 Å². The van der Waals surface area contributed by atoms with Crippen molar-refractivity contribution in [1.29, 1.82) is 0 Å². The van der Waals surface area contributed by atoms with Crippen molar-refractivity contribution in [2.45, 2.75) is 67.0 Å². The summed E-state index contributed by atoms with van der Waals surface area (Å²) in [6.07, 6.45) is 5.51. The minimum absolute atomic E-state index is 0.334. The molecule has 1 atom stereocenters. The van der Waals surface area contributed by atoms with Gasteiger partial charge in [-0.05, 0) is 19.4 Å². The number of hydrogen-bond acceptors (Lipinski definition) is 4. The van der Waals surface area contributed by atoms with Crippen LogP contribution in [-0.4, -0.2) is 29.0 Å². The molecule has 1 aliphatic rings. The lowest BCUT2D eigenvalue weighted by Gasteiger charge is -2.29. The number of oxazole rings is 1. The van der Waals surface area contributed by atoms with Gasteiger partial charge in [-0.1, -0.05) is 41.5 Å². The highest BCUT2D eigenvalue weighted by molar-refractivity contribution is 4.91. The van der Waals surface area contributed by atoms with E-state index in [-0.39, 0.29) is 0 Å². The van der Waals surface area contributed by atoms with Crippen molar-refractivity contribution in [3.05, 3.63) is 18.4 Å². The van der Waals surface area contributed by atoms with Crippen LogP contribution < -0.4 is 5.73 Å². The van der Waals surface area contributed by atoms with E-state index in [4.69, 9.17) is 10.2 Å². The molecule has 4 heteroatoms. The number of piperidine rings is 1. The highest BCUT2D eigenvalue weighted by Crippen LogP contribution is 2.11. The van der Waals surface area contributed by atoms with Gasteiger partial charge in [0, 0.05) is 19.1 Å². The van der Waals surface area contributed by atoms with Crippen LogP contribution in [0.2, 0.25) is 0 Å². The van der Waals surface area contributed by atoms with Gasteiger partial charge in [0.15, 0.2) is 6.39 Å². The topological polar surface area (TPSA) is 55.3 Å². The molecule has 2 rings (SSSR count). The zero-order chi connectivity index (χ0) is 15.1. The maximum atomic E-state index is 5.87. The summed E-state index contributed by atoms with van der Waals surface area (Å²) in [5.74, 6) is 0. The van der Waals surface area contributed by atoms with Gasteiger partial charge in [0.2, 0.25) is 0 Å². The highest BCUT2D eigenvalue weighted by Gasteiger charge is 2.16. The predicted octanol–water partition coefficient (Wildman–Crippen LogP) is 3.68. The third-order valence-electron chi connectivity index (χ3n) is 2.41. The zero-order valence-corrected chi connectivity index (χ0v) is 13.6. The van der Waals surface area contributed by atoms with Crippen LogP contribution in [0.25, 0.3) is 0 Å². The average Bonchev–Trinajstić information content (AvgIpc) is 2.98. The molecule has 0 saturated carbocycles. The van der Waals surface area contributed by atoms with Crippen LogP contribution >= 0.6 is 0 Å². The molecule has 1 aromatic rings. The van der Waals surface area contributed by atoms with Crippen molar-refractivity contribution < 1.29 is 4.42 Å². The fourth-order valence-electron chi connectivity index (χ4n) is 1.78. The lowest BCUT2D eigenvalue weighted by Crippen LogP contribution is -2.42. The molecular weight excluding hydrogens is 238 g/mol. The van der Waals surface area contributed by atoms with E-state index in [1.165, 1.54) is 12.8 Å². The quantitative estimate of drug-likeness (QED) is 0.891. The number of nitrogens with zero attached hydrogens (tertiary/aromatic N) is 2. The first-order valence-corrected chi connectivity index (χ1v) is 7.69. The fourth-order valence-corrected chi connectivity index (χ4v) is 1.78. The SMILES string of the molecule is CC.CC.CC.NC1CCCN(Cc2cocn2)C1. The summed E-state index contributed by atoms with van der Waals surface area (Å²) in [6, 6.07) is 0.334. The van der Waals surface area contributed by atoms with Gasteiger partial charge in [-0.25, -0.2) is 4.98 Å². The second-order valence-electron chi connectivity index (χ2n) is 3.62. The van der Waals surface area contributed by atoms with Crippen LogP contribution in [0.4, 0.5) is 0 Å². The normalized spacial score (nSPS) is 17.9. The molecule has 0 radical (unpaired) electrons. The van der Waals surface area contributed by atoms with Gasteiger partial charge in [0.25, 0.3) is 0 Å². The Balaban J connectivity index is 0. The number of nitrogens with two attached hydrogens (primary N) is 1. The molecule has 0 aromatic carbocycles. The molecule has 1 unspecified atom stereocenters. The highest BCUT2D eigenvalue weighted by atomic mass is 16.3. The smallest absolute Gasteiger partial charge is 0.180 e. The molecule has 1 fully saturated rings. The monoisotopic (exact) mass is 271 g/mol. The summed E-state index contributed by atoms with van der Waals surface area (Å²) in [4.78, 5) is 6.41. The minimum atomic E-state index is 0.334. The molecule has 0 bridgehead atoms. The van der Waals surface area contributed by atoms with E-state index in [1.54, 1.807) is 6.26 Å². The van der Waals surface area contributed by atoms with Crippen molar-refractivity contribution in [3.8, 4) is 0 Å². The summed E-state index contributed by atoms with van der Waals surface area (Å²) < 4.78 is 4.91. The Bertz CT molecular complexity index is 250. The van der Waals surface area contributed by atoms with E-state index in [0.29, 0.717) is 6.04 Å². The molecule has 0 aliphatic carbocycles. The van der Waals surface area contributed by atoms with Crippen LogP contribution in [0, 0.1) is 0 Å². The molecule has 1 aliphatic heterocycles. The lowest BCUT2D eigenvalue weighted by atomic mass is 10.1. The van der Waals surface area contributed by atoms with Gasteiger partial charge >= 0.3 is 0 Å². The van der Waals surface area contributed by atoms with E-state index in [1.807, 2.05) is 41.5 Å². The Morgan fingerprint density at radius 3 is 2.37 bits per heavy atom.